The van der Waals surface area contributed by atoms with Crippen LogP contribution in [-0.4, -0.2) is 4.98 Å². The summed E-state index contributed by atoms with van der Waals surface area (Å²) < 4.78 is 0. The van der Waals surface area contributed by atoms with Crippen molar-refractivity contribution in [3.63, 3.8) is 0 Å². The van der Waals surface area contributed by atoms with E-state index in [2.05, 4.69) is 23.4 Å². The molecule has 0 spiro atoms. The van der Waals surface area contributed by atoms with Gasteiger partial charge in [0.1, 0.15) is 0 Å². The molecule has 0 saturated carbocycles. The third-order valence-corrected chi connectivity index (χ3v) is 3.68. The van der Waals surface area contributed by atoms with Crippen LogP contribution in [0, 0.1) is 13.8 Å². The normalized spacial score (nSPS) is 12.7. The fourth-order valence-corrected chi connectivity index (χ4v) is 2.62. The Morgan fingerprint density at radius 3 is 2.67 bits per heavy atom. The molecule has 0 aliphatic rings. The highest BCUT2D eigenvalue weighted by Gasteiger charge is 2.14. The molecule has 0 saturated heterocycles. The molecule has 2 N–H and O–H groups in total. The van der Waals surface area contributed by atoms with Gasteiger partial charge in [-0.1, -0.05) is 0 Å². The lowest BCUT2D eigenvalue weighted by Gasteiger charge is -2.13. The fourth-order valence-electron chi connectivity index (χ4n) is 1.68. The summed E-state index contributed by atoms with van der Waals surface area (Å²) in [6.45, 7) is 4.15. The number of hydrogen-bond donors (Lipinski definition) is 1. The average Bonchev–Trinajstić information content (AvgIpc) is 2.64. The van der Waals surface area contributed by atoms with Crippen LogP contribution < -0.4 is 5.73 Å². The van der Waals surface area contributed by atoms with Gasteiger partial charge < -0.3 is 5.73 Å². The van der Waals surface area contributed by atoms with Crippen molar-refractivity contribution in [3.05, 3.63) is 51.5 Å². The lowest BCUT2D eigenvalue weighted by molar-refractivity contribution is 0.869. The number of aryl methyl sites for hydroxylation is 2. The lowest BCUT2D eigenvalue weighted by atomic mass is 10.0. The second-order valence-electron chi connectivity index (χ2n) is 3.68. The SMILES string of the molecule is Cc1cnccc1C(N)c1sccc1C. The molecule has 1 atom stereocenters. The van der Waals surface area contributed by atoms with Gasteiger partial charge in [0.05, 0.1) is 6.04 Å². The predicted octanol–water partition coefficient (Wildman–Crippen LogP) is 2.81. The van der Waals surface area contributed by atoms with Crippen LogP contribution in [0.25, 0.3) is 0 Å². The van der Waals surface area contributed by atoms with Crippen LogP contribution in [0.5, 0.6) is 0 Å². The van der Waals surface area contributed by atoms with E-state index >= 15 is 0 Å². The molecule has 0 fully saturated rings. The van der Waals surface area contributed by atoms with Gasteiger partial charge in [-0.2, -0.15) is 0 Å². The summed E-state index contributed by atoms with van der Waals surface area (Å²) in [5.74, 6) is 0. The van der Waals surface area contributed by atoms with Crippen molar-refractivity contribution in [1.82, 2.24) is 4.98 Å². The smallest absolute Gasteiger partial charge is 0.0652 e. The second kappa shape index (κ2) is 4.13. The van der Waals surface area contributed by atoms with E-state index < -0.39 is 0 Å². The van der Waals surface area contributed by atoms with Crippen LogP contribution >= 0.6 is 11.3 Å². The highest BCUT2D eigenvalue weighted by atomic mass is 32.1. The molecule has 1 unspecified atom stereocenters. The number of nitrogens with two attached hydrogens (primary N) is 1. The minimum Gasteiger partial charge on any atom is -0.320 e. The van der Waals surface area contributed by atoms with Crippen LogP contribution in [0.2, 0.25) is 0 Å². The monoisotopic (exact) mass is 218 g/mol. The number of pyridine rings is 1. The molecule has 0 aromatic carbocycles. The van der Waals surface area contributed by atoms with E-state index in [1.54, 1.807) is 17.5 Å². The first-order valence-electron chi connectivity index (χ1n) is 4.90. The van der Waals surface area contributed by atoms with Crippen molar-refractivity contribution in [3.8, 4) is 0 Å². The van der Waals surface area contributed by atoms with Crippen LogP contribution in [0.3, 0.4) is 0 Å². The Balaban J connectivity index is 2.41. The van der Waals surface area contributed by atoms with Gasteiger partial charge in [0, 0.05) is 17.3 Å². The number of thiophene rings is 1. The third kappa shape index (κ3) is 1.94. The van der Waals surface area contributed by atoms with Gasteiger partial charge in [-0.25, -0.2) is 0 Å². The summed E-state index contributed by atoms with van der Waals surface area (Å²) in [6, 6.07) is 4.09. The van der Waals surface area contributed by atoms with E-state index in [1.165, 1.54) is 10.4 Å². The molecule has 0 aliphatic heterocycles. The fraction of sp³-hybridized carbons (Fsp3) is 0.250. The van der Waals surface area contributed by atoms with Crippen LogP contribution in [0.4, 0.5) is 0 Å². The molecule has 0 radical (unpaired) electrons. The number of rotatable bonds is 2. The highest BCUT2D eigenvalue weighted by Crippen LogP contribution is 2.28. The Morgan fingerprint density at radius 2 is 2.07 bits per heavy atom. The Hall–Kier alpha value is -1.19. The Kier molecular flexibility index (Phi) is 2.84. The van der Waals surface area contributed by atoms with E-state index in [1.807, 2.05) is 19.2 Å². The zero-order valence-corrected chi connectivity index (χ0v) is 9.71. The summed E-state index contributed by atoms with van der Waals surface area (Å²) >= 11 is 1.72. The summed E-state index contributed by atoms with van der Waals surface area (Å²) in [5, 5.41) is 2.08. The summed E-state index contributed by atoms with van der Waals surface area (Å²) in [6.07, 6.45) is 3.66. The lowest BCUT2D eigenvalue weighted by Crippen LogP contribution is -2.12. The minimum atomic E-state index is -0.0204. The van der Waals surface area contributed by atoms with Gasteiger partial charge in [-0.3, -0.25) is 4.98 Å². The zero-order chi connectivity index (χ0) is 10.8. The van der Waals surface area contributed by atoms with Crippen LogP contribution in [0.15, 0.2) is 29.9 Å². The molecule has 0 amide bonds. The van der Waals surface area contributed by atoms with Gasteiger partial charge in [-0.05, 0) is 48.1 Å². The molecule has 2 aromatic heterocycles. The first-order chi connectivity index (χ1) is 7.20. The quantitative estimate of drug-likeness (QED) is 0.841. The molecule has 15 heavy (non-hydrogen) atoms. The maximum Gasteiger partial charge on any atom is 0.0652 e. The topological polar surface area (TPSA) is 38.9 Å². The van der Waals surface area contributed by atoms with E-state index in [9.17, 15) is 0 Å². The van der Waals surface area contributed by atoms with E-state index in [-0.39, 0.29) is 6.04 Å². The van der Waals surface area contributed by atoms with Crippen molar-refractivity contribution in [2.45, 2.75) is 19.9 Å². The predicted molar refractivity (Wildman–Crippen MR) is 64.1 cm³/mol. The summed E-state index contributed by atoms with van der Waals surface area (Å²) in [4.78, 5) is 5.32. The minimum absolute atomic E-state index is 0.0204. The van der Waals surface area contributed by atoms with Gasteiger partial charge in [0.15, 0.2) is 0 Å². The maximum absolute atomic E-state index is 6.25. The first-order valence-corrected chi connectivity index (χ1v) is 5.78. The van der Waals surface area contributed by atoms with Crippen molar-refractivity contribution >= 4 is 11.3 Å². The number of aromatic nitrogens is 1. The zero-order valence-electron chi connectivity index (χ0n) is 8.90. The maximum atomic E-state index is 6.25. The van der Waals surface area contributed by atoms with Gasteiger partial charge in [0.2, 0.25) is 0 Å². The molecule has 0 bridgehead atoms. The molecule has 2 aromatic rings. The van der Waals surface area contributed by atoms with Gasteiger partial charge in [-0.15, -0.1) is 11.3 Å². The summed E-state index contributed by atoms with van der Waals surface area (Å²) in [5.41, 5.74) is 9.83. The average molecular weight is 218 g/mol. The highest BCUT2D eigenvalue weighted by molar-refractivity contribution is 7.10. The molecular weight excluding hydrogens is 204 g/mol. The van der Waals surface area contributed by atoms with Crippen molar-refractivity contribution in [2.24, 2.45) is 5.73 Å². The molecule has 0 aliphatic carbocycles. The van der Waals surface area contributed by atoms with Crippen molar-refractivity contribution in [2.75, 3.05) is 0 Å². The Bertz CT molecular complexity index is 462. The standard InChI is InChI=1S/C12H14N2S/c1-8-4-6-15-12(8)11(13)10-3-5-14-7-9(10)2/h3-7,11H,13H2,1-2H3. The Morgan fingerprint density at radius 1 is 1.27 bits per heavy atom. The molecule has 78 valence electrons. The number of nitrogens with zero attached hydrogens (tertiary/aromatic N) is 1. The second-order valence-corrected chi connectivity index (χ2v) is 4.63. The van der Waals surface area contributed by atoms with Gasteiger partial charge in [0.25, 0.3) is 0 Å². The largest absolute Gasteiger partial charge is 0.320 e. The summed E-state index contributed by atoms with van der Waals surface area (Å²) in [7, 11) is 0. The van der Waals surface area contributed by atoms with Crippen molar-refractivity contribution < 1.29 is 0 Å². The number of hydrogen-bond acceptors (Lipinski definition) is 3. The van der Waals surface area contributed by atoms with Crippen LogP contribution in [0.1, 0.15) is 27.6 Å². The van der Waals surface area contributed by atoms with E-state index in [4.69, 9.17) is 5.73 Å². The third-order valence-electron chi connectivity index (χ3n) is 2.58. The van der Waals surface area contributed by atoms with Crippen LogP contribution in [-0.2, 0) is 0 Å². The van der Waals surface area contributed by atoms with E-state index in [0.29, 0.717) is 0 Å². The van der Waals surface area contributed by atoms with Crippen molar-refractivity contribution in [1.29, 1.82) is 0 Å². The molecule has 2 nitrogen and oxygen atoms in total. The van der Waals surface area contributed by atoms with Gasteiger partial charge >= 0.3 is 0 Å². The molecule has 3 heteroatoms. The Labute approximate surface area is 93.8 Å². The molecular formula is C12H14N2S. The first kappa shape index (κ1) is 10.3. The molecule has 2 rings (SSSR count). The molecule has 2 heterocycles. The van der Waals surface area contributed by atoms with E-state index in [0.717, 1.165) is 11.1 Å².